The van der Waals surface area contributed by atoms with Crippen LogP contribution in [-0.2, 0) is 17.6 Å². The van der Waals surface area contributed by atoms with Gasteiger partial charge in [0.15, 0.2) is 0 Å². The van der Waals surface area contributed by atoms with Gasteiger partial charge in [-0.25, -0.2) is 0 Å². The van der Waals surface area contributed by atoms with Gasteiger partial charge in [-0.15, -0.1) is 0 Å². The second-order valence-electron chi connectivity index (χ2n) is 6.04. The molecule has 23 heavy (non-hydrogen) atoms. The molecule has 0 bridgehead atoms. The number of carbonyl (C=O) groups is 1. The van der Waals surface area contributed by atoms with Crippen molar-refractivity contribution in [3.05, 3.63) is 65.9 Å². The van der Waals surface area contributed by atoms with E-state index >= 15 is 0 Å². The summed E-state index contributed by atoms with van der Waals surface area (Å²) in [5.74, 6) is 0.000214. The number of nitrogens with zero attached hydrogens (tertiary/aromatic N) is 1. The Morgan fingerprint density at radius 3 is 2.87 bits per heavy atom. The first-order valence-electron chi connectivity index (χ1n) is 7.94. The lowest BCUT2D eigenvalue weighted by molar-refractivity contribution is -0.119. The number of nitrogens with one attached hydrogen (secondary N) is 1. The van der Waals surface area contributed by atoms with E-state index in [4.69, 9.17) is 5.73 Å². The summed E-state index contributed by atoms with van der Waals surface area (Å²) in [5, 5.41) is 1.14. The van der Waals surface area contributed by atoms with Crippen molar-refractivity contribution in [1.82, 2.24) is 4.98 Å². The lowest BCUT2D eigenvalue weighted by Gasteiger charge is -2.21. The van der Waals surface area contributed by atoms with E-state index in [1.165, 1.54) is 5.56 Å². The highest BCUT2D eigenvalue weighted by Gasteiger charge is 2.28. The summed E-state index contributed by atoms with van der Waals surface area (Å²) in [4.78, 5) is 17.8. The molecule has 0 radical (unpaired) electrons. The highest BCUT2D eigenvalue weighted by atomic mass is 16.2. The summed E-state index contributed by atoms with van der Waals surface area (Å²) in [6.45, 7) is 0.722. The van der Waals surface area contributed by atoms with Gasteiger partial charge in [0.25, 0.3) is 0 Å². The number of aromatic amines is 1. The molecule has 0 saturated carbocycles. The number of benzene rings is 2. The molecule has 0 spiro atoms. The molecular formula is C19H19N3O. The van der Waals surface area contributed by atoms with E-state index < -0.39 is 6.04 Å². The first kappa shape index (κ1) is 14.0. The SMILES string of the molecule is NC(Cc1c[nH]c2ccccc12)C(=O)N1CCc2ccccc21. The Kier molecular flexibility index (Phi) is 3.39. The van der Waals surface area contributed by atoms with E-state index in [2.05, 4.69) is 17.1 Å². The fourth-order valence-corrected chi connectivity index (χ4v) is 3.39. The molecule has 1 atom stereocenters. The van der Waals surface area contributed by atoms with Crippen LogP contribution >= 0.6 is 0 Å². The number of anilines is 1. The summed E-state index contributed by atoms with van der Waals surface area (Å²) in [5.41, 5.74) is 10.6. The fourth-order valence-electron chi connectivity index (χ4n) is 3.39. The zero-order chi connectivity index (χ0) is 15.8. The topological polar surface area (TPSA) is 62.1 Å². The highest BCUT2D eigenvalue weighted by Crippen LogP contribution is 2.28. The average molecular weight is 305 g/mol. The van der Waals surface area contributed by atoms with Crippen LogP contribution in [0.1, 0.15) is 11.1 Å². The van der Waals surface area contributed by atoms with Crippen molar-refractivity contribution in [2.75, 3.05) is 11.4 Å². The maximum Gasteiger partial charge on any atom is 0.244 e. The molecule has 2 heterocycles. The van der Waals surface area contributed by atoms with Crippen LogP contribution in [0.15, 0.2) is 54.7 Å². The molecule has 0 aliphatic carbocycles. The van der Waals surface area contributed by atoms with Gasteiger partial charge in [-0.05, 0) is 36.1 Å². The molecule has 4 nitrogen and oxygen atoms in total. The Morgan fingerprint density at radius 2 is 1.96 bits per heavy atom. The van der Waals surface area contributed by atoms with Crippen LogP contribution in [0.4, 0.5) is 5.69 Å². The third kappa shape index (κ3) is 2.41. The molecule has 0 saturated heterocycles. The summed E-state index contributed by atoms with van der Waals surface area (Å²) >= 11 is 0. The molecule has 1 aliphatic rings. The third-order valence-corrected chi connectivity index (χ3v) is 4.59. The van der Waals surface area contributed by atoms with Crippen molar-refractivity contribution in [2.45, 2.75) is 18.9 Å². The number of H-pyrrole nitrogens is 1. The van der Waals surface area contributed by atoms with Crippen molar-refractivity contribution < 1.29 is 4.79 Å². The third-order valence-electron chi connectivity index (χ3n) is 4.59. The van der Waals surface area contributed by atoms with Gasteiger partial charge in [0, 0.05) is 29.3 Å². The van der Waals surface area contributed by atoms with Gasteiger partial charge >= 0.3 is 0 Å². The van der Waals surface area contributed by atoms with E-state index in [-0.39, 0.29) is 5.91 Å². The zero-order valence-corrected chi connectivity index (χ0v) is 12.8. The summed E-state index contributed by atoms with van der Waals surface area (Å²) in [6, 6.07) is 15.6. The Morgan fingerprint density at radius 1 is 1.17 bits per heavy atom. The molecule has 116 valence electrons. The van der Waals surface area contributed by atoms with Gasteiger partial charge in [0.2, 0.25) is 5.91 Å². The van der Waals surface area contributed by atoms with Crippen molar-refractivity contribution in [3.8, 4) is 0 Å². The quantitative estimate of drug-likeness (QED) is 0.781. The van der Waals surface area contributed by atoms with E-state index in [9.17, 15) is 4.79 Å². The van der Waals surface area contributed by atoms with Crippen LogP contribution in [0.5, 0.6) is 0 Å². The maximum atomic E-state index is 12.8. The first-order valence-corrected chi connectivity index (χ1v) is 7.94. The van der Waals surface area contributed by atoms with Gasteiger partial charge in [0.05, 0.1) is 6.04 Å². The minimum atomic E-state index is -0.527. The molecule has 3 aromatic rings. The predicted octanol–water partition coefficient (Wildman–Crippen LogP) is 2.63. The monoisotopic (exact) mass is 305 g/mol. The Balaban J connectivity index is 1.56. The Labute approximate surface area is 134 Å². The van der Waals surface area contributed by atoms with Crippen molar-refractivity contribution in [2.24, 2.45) is 5.73 Å². The Hall–Kier alpha value is -2.59. The zero-order valence-electron chi connectivity index (χ0n) is 12.8. The van der Waals surface area contributed by atoms with Gasteiger partial charge in [0.1, 0.15) is 0 Å². The largest absolute Gasteiger partial charge is 0.361 e. The van der Waals surface area contributed by atoms with Crippen LogP contribution in [0.25, 0.3) is 10.9 Å². The first-order chi connectivity index (χ1) is 11.2. The number of amides is 1. The van der Waals surface area contributed by atoms with E-state index in [0.717, 1.165) is 35.1 Å². The summed E-state index contributed by atoms with van der Waals surface area (Å²) < 4.78 is 0. The molecule has 2 aromatic carbocycles. The van der Waals surface area contributed by atoms with E-state index in [1.807, 2.05) is 47.5 Å². The van der Waals surface area contributed by atoms with Crippen LogP contribution in [0.3, 0.4) is 0 Å². The number of nitrogens with two attached hydrogens (primary N) is 1. The average Bonchev–Trinajstić information content (AvgIpc) is 3.19. The van der Waals surface area contributed by atoms with Crippen molar-refractivity contribution in [3.63, 3.8) is 0 Å². The van der Waals surface area contributed by atoms with Crippen LogP contribution in [0, 0.1) is 0 Å². The standard InChI is InChI=1S/C19H19N3O/c20-16(11-14-12-21-17-7-3-2-6-15(14)17)19(23)22-10-9-13-5-1-4-8-18(13)22/h1-8,12,16,21H,9-11,20H2. The minimum absolute atomic E-state index is 0.000214. The van der Waals surface area contributed by atoms with Crippen LogP contribution in [0.2, 0.25) is 0 Å². The summed E-state index contributed by atoms with van der Waals surface area (Å²) in [6.07, 6.45) is 3.40. The Bertz CT molecular complexity index is 868. The predicted molar refractivity (Wildman–Crippen MR) is 92.5 cm³/mol. The second kappa shape index (κ2) is 5.56. The smallest absolute Gasteiger partial charge is 0.244 e. The summed E-state index contributed by atoms with van der Waals surface area (Å²) in [7, 11) is 0. The van der Waals surface area contributed by atoms with Gasteiger partial charge in [-0.1, -0.05) is 36.4 Å². The molecule has 1 aromatic heterocycles. The van der Waals surface area contributed by atoms with Gasteiger partial charge < -0.3 is 15.6 Å². The number of hydrogen-bond donors (Lipinski definition) is 2. The van der Waals surface area contributed by atoms with E-state index in [1.54, 1.807) is 0 Å². The van der Waals surface area contributed by atoms with Crippen LogP contribution < -0.4 is 10.6 Å². The molecule has 0 fully saturated rings. The number of hydrogen-bond acceptors (Lipinski definition) is 2. The fraction of sp³-hybridized carbons (Fsp3) is 0.211. The molecular weight excluding hydrogens is 286 g/mol. The normalized spacial score (nSPS) is 14.9. The maximum absolute atomic E-state index is 12.8. The second-order valence-corrected chi connectivity index (χ2v) is 6.04. The molecule has 1 amide bonds. The van der Waals surface area contributed by atoms with E-state index in [0.29, 0.717) is 6.42 Å². The molecule has 1 aliphatic heterocycles. The van der Waals surface area contributed by atoms with Gasteiger partial charge in [-0.2, -0.15) is 0 Å². The molecule has 3 N–H and O–H groups in total. The van der Waals surface area contributed by atoms with Crippen LogP contribution in [-0.4, -0.2) is 23.5 Å². The van der Waals surface area contributed by atoms with Crippen molar-refractivity contribution >= 4 is 22.5 Å². The van der Waals surface area contributed by atoms with Crippen molar-refractivity contribution in [1.29, 1.82) is 0 Å². The lowest BCUT2D eigenvalue weighted by atomic mass is 10.0. The molecule has 4 rings (SSSR count). The minimum Gasteiger partial charge on any atom is -0.361 e. The highest BCUT2D eigenvalue weighted by molar-refractivity contribution is 5.99. The number of aromatic nitrogens is 1. The number of carbonyl (C=O) groups excluding carboxylic acids is 1. The molecule has 4 heteroatoms. The lowest BCUT2D eigenvalue weighted by Crippen LogP contribution is -2.44. The number of rotatable bonds is 3. The number of para-hydroxylation sites is 2. The number of fused-ring (bicyclic) bond motifs is 2. The van der Waals surface area contributed by atoms with Gasteiger partial charge in [-0.3, -0.25) is 4.79 Å². The molecule has 1 unspecified atom stereocenters.